The molecule has 1 aliphatic heterocycles. The van der Waals surface area contributed by atoms with Crippen LogP contribution in [0.15, 0.2) is 9.98 Å². The van der Waals surface area contributed by atoms with Gasteiger partial charge in [0, 0.05) is 0 Å². The summed E-state index contributed by atoms with van der Waals surface area (Å²) < 4.78 is 0. The van der Waals surface area contributed by atoms with E-state index in [4.69, 9.17) is 11.5 Å². The van der Waals surface area contributed by atoms with E-state index in [0.717, 1.165) is 0 Å². The van der Waals surface area contributed by atoms with Crippen LogP contribution in [0.3, 0.4) is 0 Å². The van der Waals surface area contributed by atoms with Crippen LogP contribution < -0.4 is 16.8 Å². The smallest absolute Gasteiger partial charge is 0.251 e. The number of carbonyl (C=O) groups is 1. The van der Waals surface area contributed by atoms with E-state index in [2.05, 4.69) is 15.3 Å². The average Bonchev–Trinajstić information content (AvgIpc) is 2.28. The maximum Gasteiger partial charge on any atom is 0.251 e. The van der Waals surface area contributed by atoms with Crippen molar-refractivity contribution in [3.05, 3.63) is 0 Å². The van der Waals surface area contributed by atoms with Gasteiger partial charge in [0.05, 0.1) is 0 Å². The van der Waals surface area contributed by atoms with Gasteiger partial charge in [-0.25, -0.2) is 4.99 Å². The van der Waals surface area contributed by atoms with Crippen molar-refractivity contribution in [2.45, 2.75) is 26.3 Å². The van der Waals surface area contributed by atoms with E-state index in [9.17, 15) is 4.79 Å². The number of rotatable bonds is 2. The lowest BCUT2D eigenvalue weighted by molar-refractivity contribution is -0.120. The molecule has 0 bridgehead atoms. The topological polar surface area (TPSA) is 106 Å². The fourth-order valence-electron chi connectivity index (χ4n) is 1.22. The summed E-state index contributed by atoms with van der Waals surface area (Å²) in [6, 6.07) is -0.354. The fraction of sp³-hybridized carbons (Fsp3) is 0.625. The number of aliphatic imine (C=N–C) groups is 2. The van der Waals surface area contributed by atoms with Crippen LogP contribution in [0.1, 0.15) is 20.3 Å². The number of hydrogen-bond donors (Lipinski definition) is 3. The zero-order chi connectivity index (χ0) is 10.7. The molecule has 0 aromatic rings. The molecule has 0 saturated carbocycles. The van der Waals surface area contributed by atoms with Gasteiger partial charge in [-0.3, -0.25) is 10.1 Å². The normalized spacial score (nSPS) is 20.6. The maximum absolute atomic E-state index is 11.3. The van der Waals surface area contributed by atoms with Crippen LogP contribution in [-0.4, -0.2) is 23.9 Å². The summed E-state index contributed by atoms with van der Waals surface area (Å²) in [4.78, 5) is 19.1. The highest BCUT2D eigenvalue weighted by molar-refractivity contribution is 6.08. The van der Waals surface area contributed by atoms with Crippen molar-refractivity contribution in [3.63, 3.8) is 0 Å². The van der Waals surface area contributed by atoms with Gasteiger partial charge in [0.2, 0.25) is 5.96 Å². The average molecular weight is 197 g/mol. The third-order valence-electron chi connectivity index (χ3n) is 1.75. The SMILES string of the molecule is CC(C)C[C@@H]1N=C(N=C(N)N)NC1=O. The fourth-order valence-corrected chi connectivity index (χ4v) is 1.22. The molecule has 5 N–H and O–H groups in total. The largest absolute Gasteiger partial charge is 0.370 e. The molecular formula is C8H15N5O. The zero-order valence-corrected chi connectivity index (χ0v) is 8.32. The van der Waals surface area contributed by atoms with Crippen LogP contribution >= 0.6 is 0 Å². The van der Waals surface area contributed by atoms with Crippen molar-refractivity contribution in [3.8, 4) is 0 Å². The second-order valence-electron chi connectivity index (χ2n) is 3.62. The number of guanidine groups is 2. The summed E-state index contributed by atoms with van der Waals surface area (Å²) in [5.41, 5.74) is 10.3. The molecule has 0 radical (unpaired) electrons. The monoisotopic (exact) mass is 197 g/mol. The first-order chi connectivity index (χ1) is 6.49. The Morgan fingerprint density at radius 3 is 2.79 bits per heavy atom. The predicted molar refractivity (Wildman–Crippen MR) is 54.6 cm³/mol. The van der Waals surface area contributed by atoms with Gasteiger partial charge in [0.25, 0.3) is 5.91 Å². The highest BCUT2D eigenvalue weighted by Crippen LogP contribution is 2.12. The van der Waals surface area contributed by atoms with Gasteiger partial charge in [-0.05, 0) is 12.3 Å². The molecule has 0 unspecified atom stereocenters. The molecule has 0 fully saturated rings. The van der Waals surface area contributed by atoms with Gasteiger partial charge in [-0.15, -0.1) is 0 Å². The van der Waals surface area contributed by atoms with Crippen LogP contribution in [0.25, 0.3) is 0 Å². The van der Waals surface area contributed by atoms with Gasteiger partial charge in [0.15, 0.2) is 5.96 Å². The molecular weight excluding hydrogens is 182 g/mol. The minimum absolute atomic E-state index is 0.103. The minimum Gasteiger partial charge on any atom is -0.370 e. The summed E-state index contributed by atoms with van der Waals surface area (Å²) in [5.74, 6) is 0.377. The third-order valence-corrected chi connectivity index (χ3v) is 1.75. The molecule has 0 aromatic carbocycles. The summed E-state index contributed by atoms with van der Waals surface area (Å²) in [5, 5.41) is 2.50. The summed E-state index contributed by atoms with van der Waals surface area (Å²) in [6.07, 6.45) is 0.704. The van der Waals surface area contributed by atoms with Crippen LogP contribution in [0.5, 0.6) is 0 Å². The van der Waals surface area contributed by atoms with Crippen LogP contribution in [0.2, 0.25) is 0 Å². The lowest BCUT2D eigenvalue weighted by atomic mass is 10.0. The first kappa shape index (κ1) is 10.5. The Morgan fingerprint density at radius 1 is 1.64 bits per heavy atom. The molecule has 0 aliphatic carbocycles. The van der Waals surface area contributed by atoms with Gasteiger partial charge in [-0.1, -0.05) is 13.8 Å². The lowest BCUT2D eigenvalue weighted by Gasteiger charge is -2.06. The van der Waals surface area contributed by atoms with Gasteiger partial charge in [0.1, 0.15) is 6.04 Å². The molecule has 1 aliphatic rings. The predicted octanol–water partition coefficient (Wildman–Crippen LogP) is -0.840. The summed E-state index contributed by atoms with van der Waals surface area (Å²) in [7, 11) is 0. The third kappa shape index (κ3) is 2.72. The Kier molecular flexibility index (Phi) is 3.06. The molecule has 0 spiro atoms. The van der Waals surface area contributed by atoms with E-state index in [1.54, 1.807) is 0 Å². The molecule has 1 atom stereocenters. The first-order valence-corrected chi connectivity index (χ1v) is 4.47. The van der Waals surface area contributed by atoms with E-state index >= 15 is 0 Å². The molecule has 1 rings (SSSR count). The second kappa shape index (κ2) is 4.08. The Hall–Kier alpha value is -1.59. The second-order valence-corrected chi connectivity index (χ2v) is 3.62. The first-order valence-electron chi connectivity index (χ1n) is 4.47. The van der Waals surface area contributed by atoms with Crippen molar-refractivity contribution in [2.75, 3.05) is 0 Å². The lowest BCUT2D eigenvalue weighted by Crippen LogP contribution is -2.31. The van der Waals surface area contributed by atoms with Crippen LogP contribution in [0, 0.1) is 5.92 Å². The van der Waals surface area contributed by atoms with Gasteiger partial charge < -0.3 is 11.5 Å². The highest BCUT2D eigenvalue weighted by atomic mass is 16.2. The Balaban J connectivity index is 2.67. The van der Waals surface area contributed by atoms with Crippen LogP contribution in [-0.2, 0) is 4.79 Å². The highest BCUT2D eigenvalue weighted by Gasteiger charge is 2.26. The van der Waals surface area contributed by atoms with Gasteiger partial charge in [-0.2, -0.15) is 4.99 Å². The molecule has 6 heteroatoms. The van der Waals surface area contributed by atoms with Crippen molar-refractivity contribution in [1.29, 1.82) is 0 Å². The van der Waals surface area contributed by atoms with Crippen molar-refractivity contribution in [1.82, 2.24) is 5.32 Å². The van der Waals surface area contributed by atoms with E-state index in [-0.39, 0.29) is 23.9 Å². The van der Waals surface area contributed by atoms with E-state index < -0.39 is 0 Å². The molecule has 78 valence electrons. The molecule has 1 heterocycles. The number of carbonyl (C=O) groups excluding carboxylic acids is 1. The molecule has 6 nitrogen and oxygen atoms in total. The van der Waals surface area contributed by atoms with E-state index in [1.165, 1.54) is 0 Å². The number of hydrogen-bond acceptors (Lipinski definition) is 3. The summed E-state index contributed by atoms with van der Waals surface area (Å²) >= 11 is 0. The van der Waals surface area contributed by atoms with Crippen LogP contribution in [0.4, 0.5) is 0 Å². The van der Waals surface area contributed by atoms with Crippen molar-refractivity contribution >= 4 is 17.8 Å². The molecule has 0 saturated heterocycles. The number of nitrogens with two attached hydrogens (primary N) is 2. The molecule has 14 heavy (non-hydrogen) atoms. The van der Waals surface area contributed by atoms with E-state index in [1.807, 2.05) is 13.8 Å². The standard InChI is InChI=1S/C8H15N5O/c1-4(2)3-5-6(14)12-8(11-5)13-7(9)10/h4-5H,3H2,1-2H3,(H5,9,10,11,12,13,14)/t5-/m0/s1. The Labute approximate surface area is 82.5 Å². The molecule has 0 aromatic heterocycles. The molecule has 1 amide bonds. The van der Waals surface area contributed by atoms with E-state index in [0.29, 0.717) is 12.3 Å². The maximum atomic E-state index is 11.3. The number of amides is 1. The quantitative estimate of drug-likeness (QED) is 0.397. The number of nitrogens with zero attached hydrogens (tertiary/aromatic N) is 2. The Morgan fingerprint density at radius 2 is 2.29 bits per heavy atom. The zero-order valence-electron chi connectivity index (χ0n) is 8.32. The van der Waals surface area contributed by atoms with Crippen molar-refractivity contribution in [2.24, 2.45) is 27.4 Å². The van der Waals surface area contributed by atoms with Gasteiger partial charge >= 0.3 is 0 Å². The Bertz CT molecular complexity index is 290. The minimum atomic E-state index is -0.354. The number of nitrogens with one attached hydrogen (secondary N) is 1. The summed E-state index contributed by atoms with van der Waals surface area (Å²) in [6.45, 7) is 4.06. The van der Waals surface area contributed by atoms with Crippen molar-refractivity contribution < 1.29 is 4.79 Å².